The predicted molar refractivity (Wildman–Crippen MR) is 69.4 cm³/mol. The van der Waals surface area contributed by atoms with Crippen LogP contribution in [0.25, 0.3) is 11.3 Å². The molecule has 0 saturated heterocycles. The topological polar surface area (TPSA) is 75.0 Å². The van der Waals surface area contributed by atoms with Crippen molar-refractivity contribution in [3.63, 3.8) is 0 Å². The Labute approximate surface area is 107 Å². The Morgan fingerprint density at radius 3 is 2.50 bits per heavy atom. The minimum absolute atomic E-state index is 0.363. The van der Waals surface area contributed by atoms with Crippen molar-refractivity contribution in [1.82, 2.24) is 9.97 Å². The molecule has 0 atom stereocenters. The fourth-order valence-corrected chi connectivity index (χ4v) is 1.81. The molecule has 0 aliphatic carbocycles. The van der Waals surface area contributed by atoms with Crippen molar-refractivity contribution in [2.24, 2.45) is 0 Å². The third-order valence-corrected chi connectivity index (χ3v) is 2.94. The van der Waals surface area contributed by atoms with Crippen molar-refractivity contribution in [3.05, 3.63) is 49.6 Å². The monoisotopic (exact) mass is 266 g/mol. The summed E-state index contributed by atoms with van der Waals surface area (Å²) in [5, 5.41) is 0.534. The zero-order chi connectivity index (χ0) is 13.3. The van der Waals surface area contributed by atoms with Crippen LogP contribution in [-0.2, 0) is 0 Å². The van der Waals surface area contributed by atoms with E-state index in [0.717, 1.165) is 5.56 Å². The SMILES string of the molecule is COc1cc(C)c(Cl)cc1-c1cc(=O)[nH]c(=O)[nH]1. The van der Waals surface area contributed by atoms with E-state index in [1.54, 1.807) is 12.1 Å². The summed E-state index contributed by atoms with van der Waals surface area (Å²) in [5.41, 5.74) is 0.729. The number of hydrogen-bond donors (Lipinski definition) is 2. The second-order valence-corrected chi connectivity index (χ2v) is 4.21. The van der Waals surface area contributed by atoms with Gasteiger partial charge in [0, 0.05) is 16.7 Å². The van der Waals surface area contributed by atoms with Gasteiger partial charge in [0.05, 0.1) is 12.8 Å². The van der Waals surface area contributed by atoms with Crippen LogP contribution in [0.15, 0.2) is 27.8 Å². The van der Waals surface area contributed by atoms with Crippen molar-refractivity contribution in [3.8, 4) is 17.0 Å². The van der Waals surface area contributed by atoms with Gasteiger partial charge in [-0.25, -0.2) is 4.79 Å². The van der Waals surface area contributed by atoms with E-state index < -0.39 is 11.2 Å². The highest BCUT2D eigenvalue weighted by atomic mass is 35.5. The van der Waals surface area contributed by atoms with Gasteiger partial charge in [-0.05, 0) is 24.6 Å². The first-order chi connectivity index (χ1) is 8.51. The zero-order valence-electron chi connectivity index (χ0n) is 9.83. The van der Waals surface area contributed by atoms with E-state index in [1.807, 2.05) is 6.92 Å². The van der Waals surface area contributed by atoms with Gasteiger partial charge in [0.15, 0.2) is 0 Å². The van der Waals surface area contributed by atoms with E-state index in [2.05, 4.69) is 9.97 Å². The van der Waals surface area contributed by atoms with E-state index in [-0.39, 0.29) is 0 Å². The van der Waals surface area contributed by atoms with Crippen LogP contribution in [0.4, 0.5) is 0 Å². The molecule has 2 N–H and O–H groups in total. The minimum Gasteiger partial charge on any atom is -0.496 e. The van der Waals surface area contributed by atoms with Gasteiger partial charge in [0.2, 0.25) is 0 Å². The third-order valence-electron chi connectivity index (χ3n) is 2.53. The summed E-state index contributed by atoms with van der Waals surface area (Å²) in [4.78, 5) is 27.2. The zero-order valence-corrected chi connectivity index (χ0v) is 10.6. The Hall–Kier alpha value is -2.01. The maximum atomic E-state index is 11.3. The fourth-order valence-electron chi connectivity index (χ4n) is 1.65. The van der Waals surface area contributed by atoms with Gasteiger partial charge in [-0.15, -0.1) is 0 Å². The van der Waals surface area contributed by atoms with Gasteiger partial charge < -0.3 is 9.72 Å². The summed E-state index contributed by atoms with van der Waals surface area (Å²) in [6.45, 7) is 1.84. The smallest absolute Gasteiger partial charge is 0.326 e. The number of ether oxygens (including phenoxy) is 1. The molecular formula is C12H11ClN2O3. The summed E-state index contributed by atoms with van der Waals surface area (Å²) in [7, 11) is 1.51. The molecule has 1 heterocycles. The van der Waals surface area contributed by atoms with E-state index in [9.17, 15) is 9.59 Å². The molecule has 1 aromatic carbocycles. The molecule has 0 saturated carbocycles. The second kappa shape index (κ2) is 4.70. The number of rotatable bonds is 2. The first-order valence-corrected chi connectivity index (χ1v) is 5.57. The Morgan fingerprint density at radius 2 is 1.89 bits per heavy atom. The lowest BCUT2D eigenvalue weighted by atomic mass is 10.1. The van der Waals surface area contributed by atoms with Crippen molar-refractivity contribution >= 4 is 11.6 Å². The van der Waals surface area contributed by atoms with Crippen LogP contribution in [0, 0.1) is 6.92 Å². The molecule has 94 valence electrons. The lowest BCUT2D eigenvalue weighted by Crippen LogP contribution is -2.21. The summed E-state index contributed by atoms with van der Waals surface area (Å²) in [5.74, 6) is 0.540. The predicted octanol–water partition coefficient (Wildman–Crippen LogP) is 1.70. The molecule has 6 heteroatoms. The summed E-state index contributed by atoms with van der Waals surface area (Å²) >= 11 is 6.04. The molecule has 0 aliphatic rings. The van der Waals surface area contributed by atoms with Crippen LogP contribution < -0.4 is 16.0 Å². The fraction of sp³-hybridized carbons (Fsp3) is 0.167. The Bertz CT molecular complexity index is 675. The standard InChI is InChI=1S/C12H11ClN2O3/c1-6-3-10(18-2)7(4-8(6)13)9-5-11(16)15-12(17)14-9/h3-5H,1-2H3,(H2,14,15,16,17). The highest BCUT2D eigenvalue weighted by Crippen LogP contribution is 2.32. The molecule has 18 heavy (non-hydrogen) atoms. The minimum atomic E-state index is -0.573. The molecule has 0 spiro atoms. The number of halogens is 1. The number of hydrogen-bond acceptors (Lipinski definition) is 3. The average Bonchev–Trinajstić information content (AvgIpc) is 2.30. The second-order valence-electron chi connectivity index (χ2n) is 3.80. The van der Waals surface area contributed by atoms with Crippen molar-refractivity contribution in [1.29, 1.82) is 0 Å². The number of H-pyrrole nitrogens is 2. The Balaban J connectivity index is 2.73. The number of methoxy groups -OCH3 is 1. The van der Waals surface area contributed by atoms with Gasteiger partial charge in [-0.2, -0.15) is 0 Å². The van der Waals surface area contributed by atoms with Gasteiger partial charge in [0.1, 0.15) is 5.75 Å². The molecule has 0 radical (unpaired) electrons. The summed E-state index contributed by atoms with van der Waals surface area (Å²) in [6.07, 6.45) is 0. The normalized spacial score (nSPS) is 10.4. The summed E-state index contributed by atoms with van der Waals surface area (Å²) in [6, 6.07) is 4.68. The van der Waals surface area contributed by atoms with Crippen molar-refractivity contribution < 1.29 is 4.74 Å². The maximum Gasteiger partial charge on any atom is 0.326 e. The van der Waals surface area contributed by atoms with Gasteiger partial charge in [-0.3, -0.25) is 9.78 Å². The maximum absolute atomic E-state index is 11.3. The quantitative estimate of drug-likeness (QED) is 0.869. The largest absolute Gasteiger partial charge is 0.496 e. The molecule has 0 aliphatic heterocycles. The number of aryl methyl sites for hydroxylation is 1. The molecule has 2 aromatic rings. The van der Waals surface area contributed by atoms with Gasteiger partial charge >= 0.3 is 5.69 Å². The van der Waals surface area contributed by atoms with Crippen LogP contribution in [-0.4, -0.2) is 17.1 Å². The van der Waals surface area contributed by atoms with E-state index in [4.69, 9.17) is 16.3 Å². The van der Waals surface area contributed by atoms with Crippen LogP contribution >= 0.6 is 11.6 Å². The van der Waals surface area contributed by atoms with Crippen LogP contribution in [0.3, 0.4) is 0 Å². The Kier molecular flexibility index (Phi) is 3.25. The van der Waals surface area contributed by atoms with Crippen LogP contribution in [0.1, 0.15) is 5.56 Å². The third kappa shape index (κ3) is 2.31. The van der Waals surface area contributed by atoms with E-state index in [0.29, 0.717) is 22.0 Å². The van der Waals surface area contributed by atoms with E-state index >= 15 is 0 Å². The number of aromatic amines is 2. The van der Waals surface area contributed by atoms with Crippen molar-refractivity contribution in [2.45, 2.75) is 6.92 Å². The summed E-state index contributed by atoms with van der Waals surface area (Å²) < 4.78 is 5.22. The molecule has 0 amide bonds. The molecule has 0 unspecified atom stereocenters. The van der Waals surface area contributed by atoms with E-state index in [1.165, 1.54) is 13.2 Å². The highest BCUT2D eigenvalue weighted by Gasteiger charge is 2.10. The molecule has 2 rings (SSSR count). The molecule has 0 fully saturated rings. The highest BCUT2D eigenvalue weighted by molar-refractivity contribution is 6.31. The van der Waals surface area contributed by atoms with Crippen LogP contribution in [0.5, 0.6) is 5.75 Å². The average molecular weight is 267 g/mol. The van der Waals surface area contributed by atoms with Crippen LogP contribution in [0.2, 0.25) is 5.02 Å². The lowest BCUT2D eigenvalue weighted by molar-refractivity contribution is 0.416. The van der Waals surface area contributed by atoms with Crippen molar-refractivity contribution in [2.75, 3.05) is 7.11 Å². The number of nitrogens with one attached hydrogen (secondary N) is 2. The molecular weight excluding hydrogens is 256 g/mol. The molecule has 5 nitrogen and oxygen atoms in total. The lowest BCUT2D eigenvalue weighted by Gasteiger charge is -2.10. The first-order valence-electron chi connectivity index (χ1n) is 5.19. The number of benzene rings is 1. The first kappa shape index (κ1) is 12.4. The number of aromatic nitrogens is 2. The molecule has 1 aromatic heterocycles. The Morgan fingerprint density at radius 1 is 1.17 bits per heavy atom. The molecule has 0 bridgehead atoms. The van der Waals surface area contributed by atoms with Gasteiger partial charge in [0.25, 0.3) is 5.56 Å². The van der Waals surface area contributed by atoms with Gasteiger partial charge in [-0.1, -0.05) is 11.6 Å².